The number of likely N-dealkylation sites (tertiary alicyclic amines) is 1. The summed E-state index contributed by atoms with van der Waals surface area (Å²) in [6.07, 6.45) is 3.78. The van der Waals surface area contributed by atoms with Crippen LogP contribution in [0.4, 0.5) is 24.5 Å². The van der Waals surface area contributed by atoms with Gasteiger partial charge in [0.15, 0.2) is 11.6 Å². The van der Waals surface area contributed by atoms with Crippen LogP contribution in [0.5, 0.6) is 0 Å². The molecule has 0 spiro atoms. The number of halogens is 3. The SMILES string of the molecule is CNc1cc(F)c(F)c2c1[nH]c1ncc(-c3cc(F)c4ccc(C(=O)O)c(=O)n4c3)c(N3CCC4CN(C)CC43)c12. The maximum atomic E-state index is 15.6. The van der Waals surface area contributed by atoms with Crippen molar-refractivity contribution in [2.75, 3.05) is 43.9 Å². The molecule has 0 bridgehead atoms. The number of hydrogen-bond acceptors (Lipinski definition) is 6. The minimum absolute atomic E-state index is 0.0232. The number of rotatable bonds is 4. The van der Waals surface area contributed by atoms with Crippen molar-refractivity contribution in [3.63, 3.8) is 0 Å². The van der Waals surface area contributed by atoms with Crippen molar-refractivity contribution in [1.82, 2.24) is 19.3 Å². The maximum absolute atomic E-state index is 15.6. The predicted molar refractivity (Wildman–Crippen MR) is 149 cm³/mol. The van der Waals surface area contributed by atoms with Gasteiger partial charge in [0.05, 0.1) is 33.2 Å². The van der Waals surface area contributed by atoms with Crippen LogP contribution in [-0.4, -0.2) is 70.1 Å². The first-order chi connectivity index (χ1) is 19.7. The number of nitrogens with one attached hydrogen (secondary N) is 2. The first kappa shape index (κ1) is 25.4. The summed E-state index contributed by atoms with van der Waals surface area (Å²) < 4.78 is 46.9. The normalized spacial score (nSPS) is 19.1. The van der Waals surface area contributed by atoms with Crippen LogP contribution in [0.1, 0.15) is 16.8 Å². The van der Waals surface area contributed by atoms with Gasteiger partial charge in [0.2, 0.25) is 0 Å². The minimum atomic E-state index is -1.43. The average molecular weight is 563 g/mol. The minimum Gasteiger partial charge on any atom is -0.477 e. The molecule has 2 fully saturated rings. The van der Waals surface area contributed by atoms with Gasteiger partial charge in [-0.3, -0.25) is 9.20 Å². The second-order valence-electron chi connectivity index (χ2n) is 10.8. The number of aromatic nitrogens is 3. The van der Waals surface area contributed by atoms with Gasteiger partial charge >= 0.3 is 5.97 Å². The van der Waals surface area contributed by atoms with Crippen molar-refractivity contribution in [3.05, 3.63) is 70.0 Å². The monoisotopic (exact) mass is 562 g/mol. The van der Waals surface area contributed by atoms with Crippen LogP contribution in [0.2, 0.25) is 0 Å². The summed E-state index contributed by atoms with van der Waals surface area (Å²) in [5.74, 6) is -3.87. The highest BCUT2D eigenvalue weighted by atomic mass is 19.2. The number of nitrogens with zero attached hydrogens (tertiary/aromatic N) is 4. The number of fused-ring (bicyclic) bond motifs is 5. The van der Waals surface area contributed by atoms with Crippen LogP contribution in [-0.2, 0) is 0 Å². The molecule has 2 aliphatic rings. The maximum Gasteiger partial charge on any atom is 0.341 e. The molecule has 2 aliphatic heterocycles. The average Bonchev–Trinajstić information content (AvgIpc) is 3.62. The van der Waals surface area contributed by atoms with Crippen LogP contribution in [0.25, 0.3) is 38.6 Å². The Morgan fingerprint density at radius 1 is 1.15 bits per heavy atom. The molecule has 3 N–H and O–H groups in total. The molecule has 2 saturated heterocycles. The van der Waals surface area contributed by atoms with Crippen LogP contribution in [0.15, 0.2) is 41.5 Å². The van der Waals surface area contributed by atoms with E-state index >= 15 is 8.78 Å². The van der Waals surface area contributed by atoms with E-state index in [0.29, 0.717) is 46.0 Å². The van der Waals surface area contributed by atoms with E-state index in [2.05, 4.69) is 25.1 Å². The summed E-state index contributed by atoms with van der Waals surface area (Å²) in [5.41, 5.74) is 0.777. The largest absolute Gasteiger partial charge is 0.477 e. The molecule has 0 aliphatic carbocycles. The lowest BCUT2D eigenvalue weighted by atomic mass is 10.00. The molecule has 210 valence electrons. The molecule has 12 heteroatoms. The van der Waals surface area contributed by atoms with Gasteiger partial charge in [0.25, 0.3) is 5.56 Å². The molecule has 9 nitrogen and oxygen atoms in total. The molecule has 1 aromatic carbocycles. The number of carboxylic acid groups (broad SMARTS) is 1. The smallest absolute Gasteiger partial charge is 0.341 e. The second-order valence-corrected chi connectivity index (χ2v) is 10.8. The first-order valence-corrected chi connectivity index (χ1v) is 13.2. The highest BCUT2D eigenvalue weighted by molar-refractivity contribution is 6.18. The molecular formula is C29H25F3N6O3. The fourth-order valence-electron chi connectivity index (χ4n) is 6.67. The second kappa shape index (κ2) is 8.96. The third kappa shape index (κ3) is 3.63. The Kier molecular flexibility index (Phi) is 5.55. The molecule has 7 rings (SSSR count). The number of pyridine rings is 3. The van der Waals surface area contributed by atoms with Crippen molar-refractivity contribution in [1.29, 1.82) is 0 Å². The Labute approximate surface area is 230 Å². The van der Waals surface area contributed by atoms with Crippen LogP contribution >= 0.6 is 0 Å². The van der Waals surface area contributed by atoms with E-state index in [0.717, 1.165) is 36.0 Å². The fourth-order valence-corrected chi connectivity index (χ4v) is 6.67. The molecular weight excluding hydrogens is 537 g/mol. The summed E-state index contributed by atoms with van der Waals surface area (Å²) in [6, 6.07) is 4.72. The van der Waals surface area contributed by atoms with E-state index in [1.807, 2.05) is 7.05 Å². The summed E-state index contributed by atoms with van der Waals surface area (Å²) in [5, 5.41) is 12.7. The van der Waals surface area contributed by atoms with E-state index in [1.165, 1.54) is 24.5 Å². The Morgan fingerprint density at radius 3 is 2.71 bits per heavy atom. The van der Waals surface area contributed by atoms with Crippen molar-refractivity contribution in [3.8, 4) is 11.1 Å². The third-order valence-electron chi connectivity index (χ3n) is 8.50. The molecule has 41 heavy (non-hydrogen) atoms. The van der Waals surface area contributed by atoms with Gasteiger partial charge in [-0.2, -0.15) is 0 Å². The molecule has 2 atom stereocenters. The Hall–Kier alpha value is -4.58. The highest BCUT2D eigenvalue weighted by Gasteiger charge is 2.42. The number of aromatic carboxylic acids is 1. The third-order valence-corrected chi connectivity index (χ3v) is 8.50. The topological polar surface area (TPSA) is 106 Å². The molecule has 0 radical (unpaired) electrons. The van der Waals surface area contributed by atoms with Crippen molar-refractivity contribution < 1.29 is 23.1 Å². The lowest BCUT2D eigenvalue weighted by molar-refractivity contribution is 0.0694. The van der Waals surface area contributed by atoms with E-state index in [9.17, 15) is 19.1 Å². The lowest BCUT2D eigenvalue weighted by Gasteiger charge is -2.29. The van der Waals surface area contributed by atoms with Crippen LogP contribution < -0.4 is 15.8 Å². The van der Waals surface area contributed by atoms with E-state index in [4.69, 9.17) is 0 Å². The lowest BCUT2D eigenvalue weighted by Crippen LogP contribution is -2.35. The van der Waals surface area contributed by atoms with Gasteiger partial charge in [-0.15, -0.1) is 0 Å². The number of carbonyl (C=O) groups is 1. The standard InChI is InChI=1S/C29H25F3N6O3/c1-33-19-8-18(31)24(32)22-23-26(37-6-5-13-10-36(2)12-21(13)37)16(9-34-27(23)35-25(19)22)14-7-17(30)20-4-3-15(29(40)41)28(39)38(20)11-14/h3-4,7-9,11,13,21,33H,5-6,10,12H2,1-2H3,(H,34,35)(H,40,41). The van der Waals surface area contributed by atoms with Crippen molar-refractivity contribution in [2.24, 2.45) is 5.92 Å². The number of carboxylic acids is 1. The molecule has 5 aromatic rings. The predicted octanol–water partition coefficient (Wildman–Crippen LogP) is 4.29. The number of aromatic amines is 1. The van der Waals surface area contributed by atoms with Crippen molar-refractivity contribution in [2.45, 2.75) is 12.5 Å². The highest BCUT2D eigenvalue weighted by Crippen LogP contribution is 2.46. The number of hydrogen-bond donors (Lipinski definition) is 3. The number of likely N-dealkylation sites (N-methyl/N-ethyl adjacent to an activating group) is 1. The van der Waals surface area contributed by atoms with Gasteiger partial charge in [-0.05, 0) is 37.6 Å². The van der Waals surface area contributed by atoms with E-state index in [1.54, 1.807) is 7.05 Å². The summed E-state index contributed by atoms with van der Waals surface area (Å²) in [4.78, 5) is 36.7. The zero-order valence-corrected chi connectivity index (χ0v) is 22.1. The first-order valence-electron chi connectivity index (χ1n) is 13.2. The van der Waals surface area contributed by atoms with Gasteiger partial charge in [-0.1, -0.05) is 0 Å². The van der Waals surface area contributed by atoms with Crippen molar-refractivity contribution >= 4 is 44.8 Å². The summed E-state index contributed by atoms with van der Waals surface area (Å²) in [6.45, 7) is 2.28. The Morgan fingerprint density at radius 2 is 1.95 bits per heavy atom. The summed E-state index contributed by atoms with van der Waals surface area (Å²) >= 11 is 0. The fraction of sp³-hybridized carbons (Fsp3) is 0.276. The number of anilines is 2. The zero-order valence-electron chi connectivity index (χ0n) is 22.1. The zero-order chi connectivity index (χ0) is 28.7. The number of benzene rings is 1. The van der Waals surface area contributed by atoms with Gasteiger partial charge < -0.3 is 25.2 Å². The molecule has 6 heterocycles. The van der Waals surface area contributed by atoms with E-state index in [-0.39, 0.29) is 22.5 Å². The van der Waals surface area contributed by atoms with Gasteiger partial charge in [0.1, 0.15) is 17.0 Å². The van der Waals surface area contributed by atoms with Crippen LogP contribution in [0, 0.1) is 23.4 Å². The molecule has 0 saturated carbocycles. The van der Waals surface area contributed by atoms with Crippen LogP contribution in [0.3, 0.4) is 0 Å². The van der Waals surface area contributed by atoms with E-state index < -0.39 is 34.5 Å². The van der Waals surface area contributed by atoms with Gasteiger partial charge in [-0.25, -0.2) is 22.9 Å². The quantitative estimate of drug-likeness (QED) is 0.300. The number of H-pyrrole nitrogens is 1. The summed E-state index contributed by atoms with van der Waals surface area (Å²) in [7, 11) is 3.64. The Balaban J connectivity index is 1.59. The molecule has 2 unspecified atom stereocenters. The molecule has 4 aromatic heterocycles. The molecule has 0 amide bonds. The van der Waals surface area contributed by atoms with Gasteiger partial charge in [0, 0.05) is 62.3 Å². The Bertz CT molecular complexity index is 1990.